The highest BCUT2D eigenvalue weighted by Crippen LogP contribution is 2.60. The lowest BCUT2D eigenvalue weighted by Gasteiger charge is -2.57. The molecule has 7 N–H and O–H groups in total. The van der Waals surface area contributed by atoms with E-state index in [4.69, 9.17) is 15.6 Å². The van der Waals surface area contributed by atoms with E-state index in [2.05, 4.69) is 52.6 Å². The smallest absolute Gasteiger partial charge is 0.299 e. The zero-order valence-corrected chi connectivity index (χ0v) is 37.8. The summed E-state index contributed by atoms with van der Waals surface area (Å²) >= 11 is 1.47. The topological polar surface area (TPSA) is 181 Å². The fraction of sp³-hybridized carbons (Fsp3) is 0.565. The molecule has 2 aliphatic heterocycles. The van der Waals surface area contributed by atoms with Crippen LogP contribution in [0.2, 0.25) is 0 Å². The van der Waals surface area contributed by atoms with Gasteiger partial charge in [-0.2, -0.15) is 5.10 Å². The number of aliphatic imine (C=N–C) groups is 1. The number of nitrogens with one attached hydrogen (secondary N) is 2. The molecule has 3 aromatic rings. The minimum atomic E-state index is -0.824. The first kappa shape index (κ1) is 45.0. The summed E-state index contributed by atoms with van der Waals surface area (Å²) in [4.78, 5) is 13.2. The maximum absolute atomic E-state index is 10.6. The zero-order valence-electron chi connectivity index (χ0n) is 36.9. The number of thiazole rings is 1. The second kappa shape index (κ2) is 18.6. The molecule has 1 saturated heterocycles. The summed E-state index contributed by atoms with van der Waals surface area (Å²) in [7, 11) is 2.02. The van der Waals surface area contributed by atoms with Crippen LogP contribution >= 0.6 is 11.3 Å². The van der Waals surface area contributed by atoms with E-state index in [-0.39, 0.29) is 34.6 Å². The summed E-state index contributed by atoms with van der Waals surface area (Å²) < 4.78 is 9.75. The molecule has 326 valence electrons. The highest BCUT2D eigenvalue weighted by molar-refractivity contribution is 7.22. The number of aromatic nitrogens is 3. The number of amidine groups is 2. The van der Waals surface area contributed by atoms with Gasteiger partial charge in [0.1, 0.15) is 23.2 Å². The Labute approximate surface area is 359 Å². The van der Waals surface area contributed by atoms with E-state index in [0.29, 0.717) is 54.4 Å². The molecule has 1 aromatic carbocycles. The van der Waals surface area contributed by atoms with E-state index in [9.17, 15) is 20.7 Å². The summed E-state index contributed by atoms with van der Waals surface area (Å²) in [5, 5.41) is 48.5. The van der Waals surface area contributed by atoms with Crippen LogP contribution in [0.25, 0.3) is 15.8 Å². The SMILES string of the molecule is CC.CCC1(Cn2ncc(C3=CC=C(N4CCC/C(=C(C)/C(N)=N\c5nc6ccccc6s5)C4=N)NC3=C(O)O)c2C)CC2CC(C)(OCCN(C)CCO)C[C@@](C)(C2)C1. The van der Waals surface area contributed by atoms with Crippen molar-refractivity contribution in [1.29, 1.82) is 5.41 Å². The van der Waals surface area contributed by atoms with E-state index in [1.54, 1.807) is 0 Å². The van der Waals surface area contributed by atoms with Crippen molar-refractivity contribution in [2.45, 2.75) is 112 Å². The highest BCUT2D eigenvalue weighted by atomic mass is 32.1. The first-order valence-electron chi connectivity index (χ1n) is 21.7. The summed E-state index contributed by atoms with van der Waals surface area (Å²) in [5.74, 6) is 0.923. The highest BCUT2D eigenvalue weighted by Gasteiger charge is 2.53. The fourth-order valence-corrected chi connectivity index (χ4v) is 11.4. The third-order valence-corrected chi connectivity index (χ3v) is 13.9. The predicted octanol–water partition coefficient (Wildman–Crippen LogP) is 8.71. The molecule has 3 fully saturated rings. The molecule has 4 aliphatic rings. The first-order valence-corrected chi connectivity index (χ1v) is 22.5. The van der Waals surface area contributed by atoms with E-state index in [0.717, 1.165) is 84.2 Å². The average Bonchev–Trinajstić information content (AvgIpc) is 3.79. The van der Waals surface area contributed by atoms with Crippen molar-refractivity contribution in [3.8, 4) is 0 Å². The number of fused-ring (bicyclic) bond motifs is 3. The average molecular weight is 842 g/mol. The summed E-state index contributed by atoms with van der Waals surface area (Å²) in [6.07, 6.45) is 13.6. The molecule has 13 nitrogen and oxygen atoms in total. The van der Waals surface area contributed by atoms with Crippen molar-refractivity contribution in [3.63, 3.8) is 0 Å². The Hall–Kier alpha value is -4.50. The fourth-order valence-electron chi connectivity index (χ4n) is 10.5. The molecule has 4 heterocycles. The molecular weight excluding hydrogens is 775 g/mol. The lowest BCUT2D eigenvalue weighted by atomic mass is 9.51. The standard InChI is InChI=1S/C44H61N9O4S.C2H6/c1-7-44(23-30-21-42(4,26-44)25-43(5,22-30)57-20-18-51(6)17-19-54)27-53-29(3)33(24-47-53)32-14-15-36(49-37(32)40(55)56)52-16-10-11-31(39(52)46)28(2)38(45)50-41-48-34-12-8-9-13-35(34)58-41;1-2/h8-9,12-15,24,30,46,49,54-56H,7,10-11,16-23,25-27H2,1-6H3,(H2,45,48,50);1-2H3/b31-28-,46-39?;/t30?,42-,43?,44?;/m1./s1. The van der Waals surface area contributed by atoms with Gasteiger partial charge in [0.15, 0.2) is 0 Å². The normalized spacial score (nSPS) is 26.7. The number of piperidine rings is 1. The molecule has 7 rings (SSSR count). The maximum atomic E-state index is 10.6. The number of para-hydroxylation sites is 1. The molecule has 60 heavy (non-hydrogen) atoms. The monoisotopic (exact) mass is 842 g/mol. The van der Waals surface area contributed by atoms with Crippen LogP contribution in [0.3, 0.4) is 0 Å². The number of hydrogen-bond donors (Lipinski definition) is 6. The summed E-state index contributed by atoms with van der Waals surface area (Å²) in [5.41, 5.74) is 11.6. The number of rotatable bonds is 13. The number of nitrogens with zero attached hydrogens (tertiary/aromatic N) is 6. The van der Waals surface area contributed by atoms with Gasteiger partial charge < -0.3 is 40.9 Å². The van der Waals surface area contributed by atoms with Gasteiger partial charge in [0.05, 0.1) is 35.2 Å². The van der Waals surface area contributed by atoms with Crippen molar-refractivity contribution in [1.82, 2.24) is 29.9 Å². The number of aliphatic hydroxyl groups is 3. The number of likely N-dealkylation sites (tertiary alicyclic amines) is 1. The largest absolute Gasteiger partial charge is 0.480 e. The first-order chi connectivity index (χ1) is 28.6. The lowest BCUT2D eigenvalue weighted by Crippen LogP contribution is -2.52. The van der Waals surface area contributed by atoms with Crippen LogP contribution in [0.4, 0.5) is 5.13 Å². The molecule has 2 aliphatic carbocycles. The van der Waals surface area contributed by atoms with Crippen molar-refractivity contribution in [2.75, 3.05) is 39.9 Å². The number of benzene rings is 1. The number of dihydropyridines is 1. The minimum Gasteiger partial charge on any atom is -0.480 e. The Morgan fingerprint density at radius 3 is 2.60 bits per heavy atom. The Morgan fingerprint density at radius 2 is 1.90 bits per heavy atom. The van der Waals surface area contributed by atoms with Gasteiger partial charge in [-0.1, -0.05) is 51.2 Å². The number of ether oxygens (including phenoxy) is 1. The van der Waals surface area contributed by atoms with Gasteiger partial charge >= 0.3 is 0 Å². The van der Waals surface area contributed by atoms with Crippen LogP contribution in [0, 0.1) is 29.1 Å². The van der Waals surface area contributed by atoms with Crippen molar-refractivity contribution >= 4 is 43.9 Å². The Morgan fingerprint density at radius 1 is 1.13 bits per heavy atom. The van der Waals surface area contributed by atoms with E-state index in [1.165, 1.54) is 17.8 Å². The molecule has 4 atom stereocenters. The summed E-state index contributed by atoms with van der Waals surface area (Å²) in [6.45, 7) is 18.7. The Bertz CT molecular complexity index is 2170. The van der Waals surface area contributed by atoms with Gasteiger partial charge in [-0.05, 0) is 126 Å². The molecule has 2 saturated carbocycles. The van der Waals surface area contributed by atoms with Gasteiger partial charge in [0, 0.05) is 48.6 Å². The van der Waals surface area contributed by atoms with E-state index >= 15 is 0 Å². The molecule has 2 bridgehead atoms. The Kier molecular flexibility index (Phi) is 14.0. The third-order valence-electron chi connectivity index (χ3n) is 13.0. The third kappa shape index (κ3) is 9.67. The van der Waals surface area contributed by atoms with Crippen LogP contribution in [0.5, 0.6) is 0 Å². The van der Waals surface area contributed by atoms with E-state index in [1.807, 2.05) is 75.3 Å². The van der Waals surface area contributed by atoms with Gasteiger partial charge in [-0.3, -0.25) is 10.1 Å². The number of nitrogens with two attached hydrogens (primary N) is 1. The van der Waals surface area contributed by atoms with Gasteiger partial charge in [-0.25, -0.2) is 9.98 Å². The summed E-state index contributed by atoms with van der Waals surface area (Å²) in [6, 6.07) is 7.87. The van der Waals surface area contributed by atoms with Crippen LogP contribution in [0.15, 0.2) is 76.2 Å². The second-order valence-corrected chi connectivity index (χ2v) is 18.8. The van der Waals surface area contributed by atoms with Crippen LogP contribution in [0.1, 0.15) is 104 Å². The second-order valence-electron chi connectivity index (χ2n) is 17.7. The number of hydrogen-bond acceptors (Lipinski definition) is 11. The van der Waals surface area contributed by atoms with Gasteiger partial charge in [0.25, 0.3) is 5.95 Å². The van der Waals surface area contributed by atoms with E-state index < -0.39 is 5.95 Å². The van der Waals surface area contributed by atoms with Crippen LogP contribution in [-0.2, 0) is 11.3 Å². The van der Waals surface area contributed by atoms with Crippen LogP contribution in [-0.4, -0.2) is 97.1 Å². The quantitative estimate of drug-likeness (QED) is 0.0554. The Balaban J connectivity index is 0.00000297. The molecule has 0 amide bonds. The predicted molar refractivity (Wildman–Crippen MR) is 243 cm³/mol. The maximum Gasteiger partial charge on any atom is 0.299 e. The molecule has 3 unspecified atom stereocenters. The van der Waals surface area contributed by atoms with Crippen molar-refractivity contribution < 1.29 is 20.1 Å². The van der Waals surface area contributed by atoms with Gasteiger partial charge in [-0.15, -0.1) is 0 Å². The van der Waals surface area contributed by atoms with Gasteiger partial charge in [0.2, 0.25) is 5.13 Å². The zero-order chi connectivity index (χ0) is 43.4. The number of likely N-dealkylation sites (N-methyl/N-ethyl adjacent to an activating group) is 1. The molecule has 0 spiro atoms. The number of aliphatic hydroxyl groups excluding tert-OH is 2. The van der Waals surface area contributed by atoms with Crippen LogP contribution < -0.4 is 11.1 Å². The lowest BCUT2D eigenvalue weighted by molar-refractivity contribution is -0.145. The minimum absolute atomic E-state index is 0.0823. The molecular formula is C46H67N9O4S. The molecule has 0 radical (unpaired) electrons. The molecule has 2 aromatic heterocycles. The van der Waals surface area contributed by atoms with Crippen molar-refractivity contribution in [3.05, 3.63) is 82.5 Å². The molecule has 14 heteroatoms. The number of allylic oxidation sites excluding steroid dienone is 3. The van der Waals surface area contributed by atoms with Crippen molar-refractivity contribution in [2.24, 2.45) is 27.5 Å².